The first-order valence-electron chi connectivity index (χ1n) is 9.04. The number of hydrogen-bond acceptors (Lipinski definition) is 3. The van der Waals surface area contributed by atoms with Crippen molar-refractivity contribution in [3.05, 3.63) is 106 Å². The van der Waals surface area contributed by atoms with E-state index in [0.717, 1.165) is 22.3 Å². The van der Waals surface area contributed by atoms with Crippen LogP contribution in [0.2, 0.25) is 0 Å². The Morgan fingerprint density at radius 1 is 1.21 bits per heavy atom. The van der Waals surface area contributed by atoms with Crippen LogP contribution in [0.5, 0.6) is 0 Å². The highest BCUT2D eigenvalue weighted by Crippen LogP contribution is 2.40. The lowest BCUT2D eigenvalue weighted by molar-refractivity contribution is -0.113. The number of nitrogens with zero attached hydrogens (tertiary/aromatic N) is 1. The van der Waals surface area contributed by atoms with E-state index in [1.54, 1.807) is 24.3 Å². The maximum Gasteiger partial charge on any atom is 0.157 e. The molecule has 1 aliphatic rings. The number of ketones is 1. The number of nitriles is 1. The smallest absolute Gasteiger partial charge is 0.157 e. The summed E-state index contributed by atoms with van der Waals surface area (Å²) in [6.45, 7) is 15.0. The molecular formula is C25H25NO2. The van der Waals surface area contributed by atoms with Crippen LogP contribution in [0.4, 0.5) is 0 Å². The molecule has 1 aromatic carbocycles. The summed E-state index contributed by atoms with van der Waals surface area (Å²) in [5.41, 5.74) is 5.82. The lowest BCUT2D eigenvalue weighted by atomic mass is 9.77. The zero-order valence-corrected chi connectivity index (χ0v) is 16.8. The van der Waals surface area contributed by atoms with Gasteiger partial charge in [0.1, 0.15) is 5.76 Å². The van der Waals surface area contributed by atoms with Crippen molar-refractivity contribution < 1.29 is 9.90 Å². The second-order valence-corrected chi connectivity index (χ2v) is 7.07. The molecule has 28 heavy (non-hydrogen) atoms. The number of carbonyl (C=O) groups is 1. The summed E-state index contributed by atoms with van der Waals surface area (Å²) in [5, 5.41) is 20.0. The molecule has 3 heteroatoms. The zero-order valence-electron chi connectivity index (χ0n) is 16.8. The Bertz CT molecular complexity index is 1020. The van der Waals surface area contributed by atoms with Gasteiger partial charge < -0.3 is 5.11 Å². The quantitative estimate of drug-likeness (QED) is 0.516. The molecule has 1 N–H and O–H groups in total. The van der Waals surface area contributed by atoms with E-state index in [-0.39, 0.29) is 11.5 Å². The molecule has 0 aliphatic heterocycles. The fourth-order valence-corrected chi connectivity index (χ4v) is 3.55. The molecule has 0 saturated heterocycles. The first kappa shape index (κ1) is 20.9. The van der Waals surface area contributed by atoms with Crippen molar-refractivity contribution in [1.29, 1.82) is 5.26 Å². The van der Waals surface area contributed by atoms with Crippen molar-refractivity contribution in [2.45, 2.75) is 33.6 Å². The second-order valence-electron chi connectivity index (χ2n) is 7.07. The third-order valence-corrected chi connectivity index (χ3v) is 4.83. The Balaban J connectivity index is 2.89. The van der Waals surface area contributed by atoms with Gasteiger partial charge in [-0.1, -0.05) is 43.0 Å². The second kappa shape index (κ2) is 8.54. The minimum absolute atomic E-state index is 0.0717. The van der Waals surface area contributed by atoms with Crippen molar-refractivity contribution in [1.82, 2.24) is 0 Å². The van der Waals surface area contributed by atoms with Crippen molar-refractivity contribution >= 4 is 5.78 Å². The molecular weight excluding hydrogens is 346 g/mol. The molecule has 0 bridgehead atoms. The van der Waals surface area contributed by atoms with Crippen molar-refractivity contribution in [3.63, 3.8) is 0 Å². The lowest BCUT2D eigenvalue weighted by Crippen LogP contribution is -2.16. The van der Waals surface area contributed by atoms with Crippen molar-refractivity contribution in [2.24, 2.45) is 0 Å². The molecule has 1 aromatic rings. The number of Topliss-reactive ketones (excluding diaryl/α,β-unsaturated/α-hetero) is 1. The van der Waals surface area contributed by atoms with Crippen LogP contribution in [0.1, 0.15) is 43.4 Å². The Kier molecular flexibility index (Phi) is 6.38. The molecule has 0 saturated carbocycles. The van der Waals surface area contributed by atoms with E-state index >= 15 is 0 Å². The summed E-state index contributed by atoms with van der Waals surface area (Å²) >= 11 is 0. The highest BCUT2D eigenvalue weighted by Gasteiger charge is 2.29. The predicted octanol–water partition coefficient (Wildman–Crippen LogP) is 5.93. The third kappa shape index (κ3) is 4.29. The lowest BCUT2D eigenvalue weighted by Gasteiger charge is -2.25. The van der Waals surface area contributed by atoms with Gasteiger partial charge in [-0.2, -0.15) is 5.26 Å². The van der Waals surface area contributed by atoms with Gasteiger partial charge >= 0.3 is 0 Å². The fourth-order valence-electron chi connectivity index (χ4n) is 3.55. The monoisotopic (exact) mass is 371 g/mol. The first-order valence-corrected chi connectivity index (χ1v) is 9.04. The molecule has 1 aliphatic carbocycles. The average Bonchev–Trinajstić information content (AvgIpc) is 2.75. The van der Waals surface area contributed by atoms with Crippen LogP contribution in [0.3, 0.4) is 0 Å². The van der Waals surface area contributed by atoms with Crippen LogP contribution in [0.15, 0.2) is 89.3 Å². The number of rotatable bonds is 5. The topological polar surface area (TPSA) is 61.1 Å². The highest BCUT2D eigenvalue weighted by atomic mass is 16.3. The van der Waals surface area contributed by atoms with Gasteiger partial charge in [0.25, 0.3) is 0 Å². The SMILES string of the molecule is C=C/C(C)=C(/C(C)=O)[C@H](C1=CC(C)=CC(=C)C=C1O)c1ccc(C#N)cc1C. The summed E-state index contributed by atoms with van der Waals surface area (Å²) < 4.78 is 0. The number of aliphatic hydroxyl groups is 1. The number of aryl methyl sites for hydroxylation is 1. The molecule has 3 nitrogen and oxygen atoms in total. The minimum Gasteiger partial charge on any atom is -0.508 e. The van der Waals surface area contributed by atoms with Crippen LogP contribution in [0.25, 0.3) is 0 Å². The normalized spacial score (nSPS) is 16.0. The average molecular weight is 371 g/mol. The predicted molar refractivity (Wildman–Crippen MR) is 114 cm³/mol. The van der Waals surface area contributed by atoms with Gasteiger partial charge in [-0.15, -0.1) is 0 Å². The summed E-state index contributed by atoms with van der Waals surface area (Å²) in [4.78, 5) is 12.7. The van der Waals surface area contributed by atoms with Gasteiger partial charge in [0.05, 0.1) is 11.6 Å². The number of hydrogen-bond donors (Lipinski definition) is 1. The Morgan fingerprint density at radius 3 is 2.43 bits per heavy atom. The van der Waals surface area contributed by atoms with Crippen molar-refractivity contribution in [3.8, 4) is 6.07 Å². The summed E-state index contributed by atoms with van der Waals surface area (Å²) in [5.74, 6) is -0.513. The Labute approximate surface area is 167 Å². The van der Waals surface area contributed by atoms with Crippen molar-refractivity contribution in [2.75, 3.05) is 0 Å². The van der Waals surface area contributed by atoms with Crippen LogP contribution in [-0.4, -0.2) is 10.9 Å². The van der Waals surface area contributed by atoms with E-state index in [4.69, 9.17) is 0 Å². The molecule has 0 heterocycles. The van der Waals surface area contributed by atoms with Crippen LogP contribution in [0, 0.1) is 18.3 Å². The van der Waals surface area contributed by atoms with Gasteiger partial charge in [-0.25, -0.2) is 0 Å². The first-order chi connectivity index (χ1) is 13.2. The molecule has 2 rings (SSSR count). The van der Waals surface area contributed by atoms with Gasteiger partial charge in [-0.05, 0) is 68.2 Å². The van der Waals surface area contributed by atoms with E-state index in [1.807, 2.05) is 39.0 Å². The molecule has 0 spiro atoms. The number of benzene rings is 1. The van der Waals surface area contributed by atoms with Gasteiger partial charge in [0, 0.05) is 17.1 Å². The van der Waals surface area contributed by atoms with E-state index in [0.29, 0.717) is 22.3 Å². The minimum atomic E-state index is -0.492. The molecule has 0 aromatic heterocycles. The third-order valence-electron chi connectivity index (χ3n) is 4.83. The van der Waals surface area contributed by atoms with Gasteiger partial charge in [-0.3, -0.25) is 4.79 Å². The number of allylic oxidation sites excluding steroid dienone is 9. The Hall–Kier alpha value is -3.38. The standard InChI is InChI=1S/C25H25NO2/c1-7-17(4)24(19(6)27)25(21-9-8-20(14-26)13-18(21)5)22-11-15(2)10-16(3)12-23(22)28/h7-13,25,28H,1,3H2,2,4-6H3/b24-17-/t25-/m0/s1. The largest absolute Gasteiger partial charge is 0.508 e. The van der Waals surface area contributed by atoms with E-state index in [9.17, 15) is 15.2 Å². The van der Waals surface area contributed by atoms with E-state index < -0.39 is 5.92 Å². The summed E-state index contributed by atoms with van der Waals surface area (Å²) in [7, 11) is 0. The van der Waals surface area contributed by atoms with Gasteiger partial charge in [0.2, 0.25) is 0 Å². The molecule has 0 fully saturated rings. The summed E-state index contributed by atoms with van der Waals surface area (Å²) in [6, 6.07) is 7.52. The van der Waals surface area contributed by atoms with Crippen LogP contribution in [-0.2, 0) is 4.79 Å². The molecule has 142 valence electrons. The summed E-state index contributed by atoms with van der Waals surface area (Å²) in [6.07, 6.45) is 7.02. The Morgan fingerprint density at radius 2 is 1.89 bits per heavy atom. The fraction of sp³-hybridized carbons (Fsp3) is 0.200. The van der Waals surface area contributed by atoms with Crippen LogP contribution >= 0.6 is 0 Å². The maximum atomic E-state index is 12.7. The van der Waals surface area contributed by atoms with Gasteiger partial charge in [0.15, 0.2) is 5.78 Å². The van der Waals surface area contributed by atoms with Crippen LogP contribution < -0.4 is 0 Å². The van der Waals surface area contributed by atoms with E-state index in [1.165, 1.54) is 6.92 Å². The molecule has 0 radical (unpaired) electrons. The molecule has 0 unspecified atom stereocenters. The maximum absolute atomic E-state index is 12.7. The highest BCUT2D eigenvalue weighted by molar-refractivity contribution is 5.97. The van der Waals surface area contributed by atoms with E-state index in [2.05, 4.69) is 19.2 Å². The number of carbonyl (C=O) groups excluding carboxylic acids is 1. The molecule has 0 amide bonds. The zero-order chi connectivity index (χ0) is 21.0. The number of aliphatic hydroxyl groups excluding tert-OH is 1. The molecule has 1 atom stereocenters.